The minimum absolute atomic E-state index is 0. The van der Waals surface area contributed by atoms with Gasteiger partial charge in [-0.3, -0.25) is 9.80 Å². The zero-order chi connectivity index (χ0) is 77.4. The van der Waals surface area contributed by atoms with Crippen LogP contribution in [0.3, 0.4) is 0 Å². The molecule has 0 saturated carbocycles. The molecule has 0 unspecified atom stereocenters. The van der Waals surface area contributed by atoms with Gasteiger partial charge in [0.25, 0.3) is 0 Å². The Balaban J connectivity index is 0.000000226. The fourth-order valence-corrected chi connectivity index (χ4v) is 16.8. The van der Waals surface area contributed by atoms with Gasteiger partial charge in [0.2, 0.25) is 11.9 Å². The summed E-state index contributed by atoms with van der Waals surface area (Å²) >= 11 is 16.2. The molecular weight excluding hydrogens is 1550 g/mol. The van der Waals surface area contributed by atoms with Crippen molar-refractivity contribution in [1.82, 2.24) is 59.5 Å². The van der Waals surface area contributed by atoms with E-state index >= 15 is 0 Å². The molecule has 13 rings (SSSR count). The van der Waals surface area contributed by atoms with Crippen LogP contribution < -0.4 is 56.6 Å². The molecule has 110 heavy (non-hydrogen) atoms. The molecule has 32 heteroatoms. The topological polar surface area (TPSA) is 242 Å². The number of anilines is 10. The first-order chi connectivity index (χ1) is 51.4. The maximum absolute atomic E-state index is 13.6. The molecule has 5 aliphatic rings. The molecule has 0 atom stereocenters. The lowest BCUT2D eigenvalue weighted by Gasteiger charge is -2.43. The maximum Gasteiger partial charge on any atom is 0.494 e. The fraction of sp³-hybridized carbons (Fsp3) is 0.487. The summed E-state index contributed by atoms with van der Waals surface area (Å²) < 4.78 is 77.1. The summed E-state index contributed by atoms with van der Waals surface area (Å²) in [4.78, 5) is 48.7. The van der Waals surface area contributed by atoms with Gasteiger partial charge < -0.3 is 68.8 Å². The van der Waals surface area contributed by atoms with E-state index in [9.17, 15) is 17.9 Å². The number of nitrogens with zero attached hydrogens (tertiary/aromatic N) is 14. The number of hydrogen-bond acceptors (Lipinski definition) is 24. The van der Waals surface area contributed by atoms with Gasteiger partial charge in [0.1, 0.15) is 35.8 Å². The summed E-state index contributed by atoms with van der Waals surface area (Å²) in [6.07, 6.45) is 13.8. The molecule has 4 aromatic heterocycles. The molecule has 0 amide bonds. The number of likely N-dealkylation sites (N-methyl/N-ethyl adjacent to an activating group) is 2. The predicted octanol–water partition coefficient (Wildman–Crippen LogP) is 14.9. The van der Waals surface area contributed by atoms with Crippen molar-refractivity contribution in [2.45, 2.75) is 118 Å². The number of aromatic nitrogens is 8. The van der Waals surface area contributed by atoms with Crippen LogP contribution >= 0.6 is 53.4 Å². The number of nitrogens with one attached hydrogen (secondary N) is 4. The van der Waals surface area contributed by atoms with Gasteiger partial charge in [-0.25, -0.2) is 38.7 Å². The van der Waals surface area contributed by atoms with Crippen LogP contribution in [-0.2, 0) is 31.3 Å². The third kappa shape index (κ3) is 21.6. The number of rotatable bonds is 20. The first-order valence-electron chi connectivity index (χ1n) is 36.6. The van der Waals surface area contributed by atoms with Gasteiger partial charge in [-0.2, -0.15) is 9.97 Å². The standard InChI is InChI=1S/C37H54BClN7O4P.C35H44ClFN9O2P.C4H2BrFN2.2CH4/c1-10-25-21-30(32(48-7)23-31(25)46-15-13-27(14-16-46)45-19-17-44(6)18-20-45)42-35-40-24-28(39)34(43-35)41-29-12-11-26(22-33(29)51(8,9)47)38-49-36(2,3)37(4,5)50-38;1-6-23-17-29(31(48-3)19-30(23)46-11-9-26(10-12-46)45-15-13-44(2)14-16-45)42-35-40-22-27(36)34(43-35)41-28-8-7-24(18-32(28)49(4,5)47)33-38-20-25(37)21-39-33;5-4-7-1-3(6)2-8-4;;/h11-12,21-24,27H,10,13-20H2,1-9H3,(H2,40,41,42,43);7-8,17-22,26H,6,9-16H2,1-5H3,(H2,40,41,42,43);1-2H;2*1H4. The molecule has 4 aromatic carbocycles. The van der Waals surface area contributed by atoms with Crippen molar-refractivity contribution in [3.8, 4) is 22.9 Å². The number of piperidine rings is 2. The van der Waals surface area contributed by atoms with Crippen molar-refractivity contribution in [3.63, 3.8) is 0 Å². The van der Waals surface area contributed by atoms with E-state index < -0.39 is 44.2 Å². The summed E-state index contributed by atoms with van der Waals surface area (Å²) in [5.41, 5.74) is 8.04. The molecule has 8 aromatic rings. The van der Waals surface area contributed by atoms with Crippen molar-refractivity contribution in [3.05, 3.63) is 135 Å². The number of hydrogen-bond donors (Lipinski definition) is 4. The van der Waals surface area contributed by atoms with Crippen LogP contribution in [0.1, 0.15) is 93.2 Å². The molecule has 5 saturated heterocycles. The Bertz CT molecular complexity index is 4490. The smallest absolute Gasteiger partial charge is 0.494 e. The Morgan fingerprint density at radius 3 is 1.31 bits per heavy atom. The van der Waals surface area contributed by atoms with Crippen molar-refractivity contribution >= 4 is 134 Å². The van der Waals surface area contributed by atoms with Gasteiger partial charge in [0.15, 0.2) is 33.8 Å². The second-order valence-corrected chi connectivity index (χ2v) is 37.5. The lowest BCUT2D eigenvalue weighted by atomic mass is 9.79. The number of benzene rings is 4. The minimum Gasteiger partial charge on any atom is -0.494 e. The number of ether oxygens (including phenoxy) is 2. The summed E-state index contributed by atoms with van der Waals surface area (Å²) in [6, 6.07) is 20.8. The largest absolute Gasteiger partial charge is 0.494 e. The average Bonchev–Trinajstić information content (AvgIpc) is 1.58. The number of methoxy groups -OCH3 is 2. The molecule has 0 radical (unpaired) electrons. The predicted molar refractivity (Wildman–Crippen MR) is 451 cm³/mol. The normalized spacial score (nSPS) is 17.4. The van der Waals surface area contributed by atoms with Crippen molar-refractivity contribution in [2.24, 2.45) is 0 Å². The van der Waals surface area contributed by atoms with Crippen LogP contribution in [0.5, 0.6) is 11.5 Å². The van der Waals surface area contributed by atoms with Gasteiger partial charge in [-0.15, -0.1) is 0 Å². The summed E-state index contributed by atoms with van der Waals surface area (Å²) in [5, 5.41) is 15.1. The molecular formula is C78H108BBrCl2F2N18O6P2. The zero-order valence-corrected chi connectivity index (χ0v) is 69.1. The molecule has 9 heterocycles. The highest BCUT2D eigenvalue weighted by atomic mass is 79.9. The van der Waals surface area contributed by atoms with E-state index in [-0.39, 0.29) is 14.9 Å². The van der Waals surface area contributed by atoms with E-state index in [1.165, 1.54) is 28.7 Å². The van der Waals surface area contributed by atoms with Crippen LogP contribution in [0.15, 0.2) is 103 Å². The number of aryl methyl sites for hydroxylation is 2. The van der Waals surface area contributed by atoms with E-state index in [1.54, 1.807) is 65.3 Å². The van der Waals surface area contributed by atoms with Crippen LogP contribution in [0.25, 0.3) is 11.4 Å². The van der Waals surface area contributed by atoms with E-state index in [0.717, 1.165) is 164 Å². The molecule has 0 spiro atoms. The Labute approximate surface area is 667 Å². The van der Waals surface area contributed by atoms with E-state index in [4.69, 9.17) is 47.0 Å². The fourth-order valence-electron chi connectivity index (χ4n) is 14.0. The highest BCUT2D eigenvalue weighted by Gasteiger charge is 2.52. The van der Waals surface area contributed by atoms with Gasteiger partial charge in [0.05, 0.1) is 85.4 Å². The first kappa shape index (κ1) is 86.8. The molecule has 0 bridgehead atoms. The van der Waals surface area contributed by atoms with Gasteiger partial charge >= 0.3 is 7.12 Å². The van der Waals surface area contributed by atoms with E-state index in [1.807, 2.05) is 45.9 Å². The monoisotopic (exact) mass is 1650 g/mol. The van der Waals surface area contributed by atoms with Gasteiger partial charge in [0, 0.05) is 130 Å². The summed E-state index contributed by atoms with van der Waals surface area (Å²) in [7, 11) is 1.64. The second-order valence-electron chi connectivity index (χ2n) is 29.7. The van der Waals surface area contributed by atoms with Crippen molar-refractivity contribution in [1.29, 1.82) is 0 Å². The second kappa shape index (κ2) is 37.6. The Kier molecular flexibility index (Phi) is 29.7. The van der Waals surface area contributed by atoms with Crippen molar-refractivity contribution in [2.75, 3.05) is 165 Å². The third-order valence-electron chi connectivity index (χ3n) is 20.9. The summed E-state index contributed by atoms with van der Waals surface area (Å²) in [6.45, 7) is 32.5. The van der Waals surface area contributed by atoms with Crippen LogP contribution in [0.4, 0.5) is 66.4 Å². The summed E-state index contributed by atoms with van der Waals surface area (Å²) in [5.74, 6) is 2.20. The van der Waals surface area contributed by atoms with Crippen LogP contribution in [-0.4, -0.2) is 223 Å². The van der Waals surface area contributed by atoms with Gasteiger partial charge in [-0.05, 0) is 182 Å². The molecule has 0 aliphatic carbocycles. The first-order valence-corrected chi connectivity index (χ1v) is 43.4. The molecule has 594 valence electrons. The highest BCUT2D eigenvalue weighted by molar-refractivity contribution is 9.10. The van der Waals surface area contributed by atoms with Gasteiger partial charge in [-0.1, -0.05) is 58.0 Å². The lowest BCUT2D eigenvalue weighted by Crippen LogP contribution is -2.52. The molecule has 4 N–H and O–H groups in total. The molecule has 5 aliphatic heterocycles. The van der Waals surface area contributed by atoms with E-state index in [2.05, 4.69) is 154 Å². The minimum atomic E-state index is -2.80. The molecule has 5 fully saturated rings. The number of halogens is 5. The quantitative estimate of drug-likeness (QED) is 0.0315. The average molecular weight is 1660 g/mol. The van der Waals surface area contributed by atoms with Crippen LogP contribution in [0, 0.1) is 11.6 Å². The third-order valence-corrected chi connectivity index (χ3v) is 25.0. The molecule has 24 nitrogen and oxygen atoms in total. The lowest BCUT2D eigenvalue weighted by molar-refractivity contribution is 0.00578. The maximum atomic E-state index is 13.6. The zero-order valence-electron chi connectivity index (χ0n) is 64.2. The Morgan fingerprint density at radius 2 is 0.927 bits per heavy atom. The SMILES string of the molecule is C.C.CCc1cc(Nc2ncc(Cl)c(Nc3ccc(-c4ncc(F)cn4)cc3P(C)(C)=O)n2)c(OC)cc1N1CCC(N2CCN(C)CC2)CC1.CCc1cc(Nc2ncc(Cl)c(Nc3ccc(B4OC(C)(C)C(C)(C)O4)cc3P(C)(C)=O)n2)c(OC)cc1N1CCC(N2CCN(C)CC2)CC1.Fc1cnc(Br)nc1. The van der Waals surface area contributed by atoms with Crippen molar-refractivity contribution < 1.29 is 36.7 Å². The Morgan fingerprint density at radius 1 is 0.536 bits per heavy atom. The number of piperazine rings is 2. The highest BCUT2D eigenvalue weighted by Crippen LogP contribution is 2.44. The Hall–Kier alpha value is -7.20. The van der Waals surface area contributed by atoms with Crippen LogP contribution in [0.2, 0.25) is 10.0 Å². The van der Waals surface area contributed by atoms with E-state index in [0.29, 0.717) is 89.5 Å².